The van der Waals surface area contributed by atoms with Crippen LogP contribution in [0, 0.1) is 6.92 Å². The summed E-state index contributed by atoms with van der Waals surface area (Å²) in [5, 5.41) is 2.82. The number of carbonyl (C=O) groups excluding carboxylic acids is 3. The van der Waals surface area contributed by atoms with E-state index in [1.807, 2.05) is 6.07 Å². The Kier molecular flexibility index (Phi) is 5.95. The lowest BCUT2D eigenvalue weighted by Gasteiger charge is -2.42. The van der Waals surface area contributed by atoms with Crippen LogP contribution in [-0.4, -0.2) is 17.5 Å². The molecule has 0 radical (unpaired) electrons. The van der Waals surface area contributed by atoms with Crippen molar-refractivity contribution in [1.29, 1.82) is 0 Å². The van der Waals surface area contributed by atoms with E-state index < -0.39 is 5.91 Å². The number of hydrogen-bond acceptors (Lipinski definition) is 4. The van der Waals surface area contributed by atoms with Crippen molar-refractivity contribution in [2.75, 3.05) is 5.32 Å². The van der Waals surface area contributed by atoms with Crippen LogP contribution in [0.3, 0.4) is 0 Å². The molecule has 2 aliphatic rings. The zero-order valence-corrected chi connectivity index (χ0v) is 23.6. The van der Waals surface area contributed by atoms with Crippen molar-refractivity contribution >= 4 is 23.2 Å². The molecule has 0 spiro atoms. The lowest BCUT2D eigenvalue weighted by Crippen LogP contribution is -2.34. The van der Waals surface area contributed by atoms with Gasteiger partial charge >= 0.3 is 0 Å². The highest BCUT2D eigenvalue weighted by molar-refractivity contribution is 6.28. The first-order valence-corrected chi connectivity index (χ1v) is 13.8. The van der Waals surface area contributed by atoms with Gasteiger partial charge < -0.3 is 9.73 Å². The third-order valence-corrected chi connectivity index (χ3v) is 8.74. The predicted octanol–water partition coefficient (Wildman–Crippen LogP) is 7.56. The summed E-state index contributed by atoms with van der Waals surface area (Å²) in [6.07, 6.45) is 2.91. The van der Waals surface area contributed by atoms with E-state index in [1.54, 1.807) is 48.5 Å². The maximum absolute atomic E-state index is 13.1. The minimum Gasteiger partial charge on any atom is -0.456 e. The third-order valence-electron chi connectivity index (χ3n) is 8.74. The SMILES string of the molecule is Cc1cc2c(cc1Cc1ccc(C(=O)Nc3ccc4c(c3)C(=O)c3ccccc3C4=O)o1)C(C)(C)CCC2(C)C. The maximum Gasteiger partial charge on any atom is 0.291 e. The molecule has 0 atom stereocenters. The van der Waals surface area contributed by atoms with E-state index in [2.05, 4.69) is 52.1 Å². The second kappa shape index (κ2) is 9.16. The zero-order valence-electron chi connectivity index (χ0n) is 23.6. The monoisotopic (exact) mass is 531 g/mol. The van der Waals surface area contributed by atoms with Crippen LogP contribution in [0.5, 0.6) is 0 Å². The summed E-state index contributed by atoms with van der Waals surface area (Å²) in [6.45, 7) is 11.4. The Morgan fingerprint density at radius 2 is 1.38 bits per heavy atom. The summed E-state index contributed by atoms with van der Waals surface area (Å²) >= 11 is 0. The molecule has 202 valence electrons. The number of amides is 1. The molecule has 0 unspecified atom stereocenters. The maximum atomic E-state index is 13.1. The molecule has 0 bridgehead atoms. The minimum atomic E-state index is -0.411. The number of furan rings is 1. The van der Waals surface area contributed by atoms with Crippen molar-refractivity contribution in [2.45, 2.75) is 64.7 Å². The lowest BCUT2D eigenvalue weighted by molar-refractivity contribution is 0.0979. The van der Waals surface area contributed by atoms with Gasteiger partial charge in [0.05, 0.1) is 0 Å². The average Bonchev–Trinajstić information content (AvgIpc) is 3.40. The highest BCUT2D eigenvalue weighted by Crippen LogP contribution is 2.46. The summed E-state index contributed by atoms with van der Waals surface area (Å²) in [7, 11) is 0. The van der Waals surface area contributed by atoms with Gasteiger partial charge in [-0.2, -0.15) is 0 Å². The van der Waals surface area contributed by atoms with Crippen LogP contribution in [0.4, 0.5) is 5.69 Å². The molecule has 1 heterocycles. The largest absolute Gasteiger partial charge is 0.456 e. The third kappa shape index (κ3) is 4.30. The number of aryl methyl sites for hydroxylation is 1. The van der Waals surface area contributed by atoms with Gasteiger partial charge in [-0.3, -0.25) is 14.4 Å². The van der Waals surface area contributed by atoms with E-state index in [4.69, 9.17) is 4.42 Å². The van der Waals surface area contributed by atoms with Crippen molar-refractivity contribution in [3.8, 4) is 0 Å². The van der Waals surface area contributed by atoms with Crippen LogP contribution >= 0.6 is 0 Å². The Morgan fingerprint density at radius 3 is 2.05 bits per heavy atom. The highest BCUT2D eigenvalue weighted by atomic mass is 16.3. The van der Waals surface area contributed by atoms with Crippen LogP contribution in [0.2, 0.25) is 0 Å². The normalized spacial score (nSPS) is 16.6. The predicted molar refractivity (Wildman–Crippen MR) is 156 cm³/mol. The Morgan fingerprint density at radius 1 is 0.775 bits per heavy atom. The number of fused-ring (bicyclic) bond motifs is 3. The molecule has 1 aromatic heterocycles. The zero-order chi connectivity index (χ0) is 28.4. The number of carbonyl (C=O) groups is 3. The van der Waals surface area contributed by atoms with E-state index in [0.717, 1.165) is 6.42 Å². The first kappa shape index (κ1) is 26.0. The lowest BCUT2D eigenvalue weighted by atomic mass is 9.62. The molecular formula is C35H33NO4. The number of rotatable bonds is 4. The van der Waals surface area contributed by atoms with E-state index in [1.165, 1.54) is 28.7 Å². The molecule has 4 aromatic rings. The van der Waals surface area contributed by atoms with Crippen molar-refractivity contribution in [1.82, 2.24) is 0 Å². The summed E-state index contributed by atoms with van der Waals surface area (Å²) in [4.78, 5) is 39.0. The first-order valence-electron chi connectivity index (χ1n) is 13.8. The molecule has 2 aliphatic carbocycles. The first-order chi connectivity index (χ1) is 18.9. The molecule has 5 nitrogen and oxygen atoms in total. The fourth-order valence-electron chi connectivity index (χ4n) is 6.11. The van der Waals surface area contributed by atoms with Gasteiger partial charge in [0, 0.05) is 34.4 Å². The molecule has 0 saturated heterocycles. The van der Waals surface area contributed by atoms with Crippen LogP contribution in [0.15, 0.2) is 71.1 Å². The summed E-state index contributed by atoms with van der Waals surface area (Å²) in [5.41, 5.74) is 7.36. The van der Waals surface area contributed by atoms with Crippen molar-refractivity contribution < 1.29 is 18.8 Å². The standard InChI is InChI=1S/C35H33NO4/c1-20-16-28-29(35(4,5)15-14-34(28,2)3)18-21(20)17-23-11-13-30(40-23)33(39)36-22-10-12-26-27(19-22)32(38)25-9-7-6-8-24(25)31(26)37/h6-13,16,18-19H,14-15,17H2,1-5H3,(H,36,39). The summed E-state index contributed by atoms with van der Waals surface area (Å²) < 4.78 is 5.98. The van der Waals surface area contributed by atoms with Crippen LogP contribution in [0.1, 0.15) is 111 Å². The van der Waals surface area contributed by atoms with Gasteiger partial charge in [0.25, 0.3) is 5.91 Å². The molecule has 6 rings (SSSR count). The molecule has 0 saturated carbocycles. The highest BCUT2D eigenvalue weighted by Gasteiger charge is 2.37. The quantitative estimate of drug-likeness (QED) is 0.260. The van der Waals surface area contributed by atoms with Crippen LogP contribution in [0.25, 0.3) is 0 Å². The Hall–Kier alpha value is -4.25. The molecule has 5 heteroatoms. The van der Waals surface area contributed by atoms with Gasteiger partial charge in [0.2, 0.25) is 0 Å². The smallest absolute Gasteiger partial charge is 0.291 e. The molecule has 0 fully saturated rings. The molecule has 1 amide bonds. The summed E-state index contributed by atoms with van der Waals surface area (Å²) in [6, 6.07) is 19.8. The van der Waals surface area contributed by atoms with Crippen molar-refractivity contribution in [2.24, 2.45) is 0 Å². The van der Waals surface area contributed by atoms with Crippen molar-refractivity contribution in [3.63, 3.8) is 0 Å². The van der Waals surface area contributed by atoms with Gasteiger partial charge in [-0.05, 0) is 83.2 Å². The van der Waals surface area contributed by atoms with Crippen LogP contribution < -0.4 is 5.32 Å². The van der Waals surface area contributed by atoms with E-state index in [-0.39, 0.29) is 33.7 Å². The Balaban J connectivity index is 1.22. The van der Waals surface area contributed by atoms with Gasteiger partial charge in [-0.15, -0.1) is 0 Å². The van der Waals surface area contributed by atoms with Gasteiger partial charge in [-0.1, -0.05) is 64.1 Å². The molecule has 40 heavy (non-hydrogen) atoms. The molecule has 1 N–H and O–H groups in total. The number of ketones is 2. The van der Waals surface area contributed by atoms with Gasteiger partial charge in [0.15, 0.2) is 17.3 Å². The fourth-order valence-corrected chi connectivity index (χ4v) is 6.11. The Labute approximate surface area is 234 Å². The number of benzene rings is 3. The molecule has 3 aromatic carbocycles. The van der Waals surface area contributed by atoms with Gasteiger partial charge in [-0.25, -0.2) is 0 Å². The number of anilines is 1. The minimum absolute atomic E-state index is 0.116. The van der Waals surface area contributed by atoms with E-state index >= 15 is 0 Å². The van der Waals surface area contributed by atoms with Gasteiger partial charge in [0.1, 0.15) is 5.76 Å². The number of hydrogen-bond donors (Lipinski definition) is 1. The van der Waals surface area contributed by atoms with Crippen molar-refractivity contribution in [3.05, 3.63) is 123 Å². The number of nitrogens with one attached hydrogen (secondary N) is 1. The van der Waals surface area contributed by atoms with E-state index in [0.29, 0.717) is 34.6 Å². The second-order valence-corrected chi connectivity index (χ2v) is 12.5. The topological polar surface area (TPSA) is 76.4 Å². The summed E-state index contributed by atoms with van der Waals surface area (Å²) in [5.74, 6) is 0.0735. The van der Waals surface area contributed by atoms with Crippen LogP contribution in [-0.2, 0) is 17.3 Å². The van der Waals surface area contributed by atoms with E-state index in [9.17, 15) is 14.4 Å². The molecular weight excluding hydrogens is 498 g/mol. The fraction of sp³-hybridized carbons (Fsp3) is 0.286. The molecule has 0 aliphatic heterocycles. The average molecular weight is 532 g/mol. The second-order valence-electron chi connectivity index (χ2n) is 12.5. The Bertz CT molecular complexity index is 1720.